The molecule has 0 aromatic heterocycles. The zero-order valence-corrected chi connectivity index (χ0v) is 17.6. The first kappa shape index (κ1) is 21.5. The lowest BCUT2D eigenvalue weighted by Crippen LogP contribution is -2.50. The molecule has 0 saturated carbocycles. The van der Waals surface area contributed by atoms with E-state index < -0.39 is 16.1 Å². The normalized spacial score (nSPS) is 18.6. The first-order chi connectivity index (χ1) is 13.8. The Morgan fingerprint density at radius 1 is 1.03 bits per heavy atom. The lowest BCUT2D eigenvalue weighted by Gasteiger charge is -2.33. The molecule has 29 heavy (non-hydrogen) atoms. The van der Waals surface area contributed by atoms with Gasteiger partial charge in [-0.3, -0.25) is 4.79 Å². The second-order valence-corrected chi connectivity index (χ2v) is 8.91. The Morgan fingerprint density at radius 3 is 2.31 bits per heavy atom. The number of carbonyl (C=O) groups is 2. The Kier molecular flexibility index (Phi) is 6.76. The third-order valence-corrected chi connectivity index (χ3v) is 7.03. The highest BCUT2D eigenvalue weighted by Crippen LogP contribution is 2.22. The van der Waals surface area contributed by atoms with Crippen LogP contribution < -0.4 is 0 Å². The number of piperazine rings is 1. The summed E-state index contributed by atoms with van der Waals surface area (Å²) in [4.78, 5) is 27.9. The molecule has 0 atom stereocenters. The second kappa shape index (κ2) is 9.10. The van der Waals surface area contributed by atoms with Crippen molar-refractivity contribution in [3.63, 3.8) is 0 Å². The van der Waals surface area contributed by atoms with E-state index in [1.807, 2.05) is 0 Å². The van der Waals surface area contributed by atoms with Gasteiger partial charge in [0.2, 0.25) is 10.0 Å². The van der Waals surface area contributed by atoms with Gasteiger partial charge in [-0.1, -0.05) is 6.07 Å². The SMILES string of the molecule is CCOC(=O)N1CCN(S(=O)(=O)c2ccc(C)c(C(=O)N3CCOCC3)c2)CC1. The molecule has 2 aliphatic heterocycles. The van der Waals surface area contributed by atoms with Crippen LogP contribution in [0.3, 0.4) is 0 Å². The molecule has 0 radical (unpaired) electrons. The molecule has 2 heterocycles. The molecule has 1 aromatic carbocycles. The molecule has 3 rings (SSSR count). The van der Waals surface area contributed by atoms with E-state index in [9.17, 15) is 18.0 Å². The number of nitrogens with zero attached hydrogens (tertiary/aromatic N) is 3. The number of morpholine rings is 1. The fourth-order valence-electron chi connectivity index (χ4n) is 3.40. The van der Waals surface area contributed by atoms with Gasteiger partial charge in [0.15, 0.2) is 0 Å². The zero-order chi connectivity index (χ0) is 21.0. The molecule has 0 N–H and O–H groups in total. The smallest absolute Gasteiger partial charge is 0.409 e. The summed E-state index contributed by atoms with van der Waals surface area (Å²) in [7, 11) is -3.77. The van der Waals surface area contributed by atoms with Crippen LogP contribution in [0, 0.1) is 6.92 Å². The Hall–Kier alpha value is -2.17. The van der Waals surface area contributed by atoms with Gasteiger partial charge in [0.25, 0.3) is 5.91 Å². The molecular formula is C19H27N3O6S. The minimum absolute atomic E-state index is 0.0873. The van der Waals surface area contributed by atoms with Gasteiger partial charge < -0.3 is 19.3 Å². The van der Waals surface area contributed by atoms with E-state index in [-0.39, 0.29) is 43.6 Å². The van der Waals surface area contributed by atoms with E-state index in [2.05, 4.69) is 0 Å². The number of sulfonamides is 1. The number of benzene rings is 1. The van der Waals surface area contributed by atoms with Crippen LogP contribution in [0.4, 0.5) is 4.79 Å². The van der Waals surface area contributed by atoms with Crippen molar-refractivity contribution in [2.45, 2.75) is 18.7 Å². The standard InChI is InChI=1S/C19H27N3O6S/c1-3-28-19(24)21-6-8-22(9-7-21)29(25,26)16-5-4-15(2)17(14-16)18(23)20-10-12-27-13-11-20/h4-5,14H,3,6-13H2,1-2H3. The molecule has 2 saturated heterocycles. The zero-order valence-electron chi connectivity index (χ0n) is 16.8. The molecule has 0 aliphatic carbocycles. The largest absolute Gasteiger partial charge is 0.450 e. The molecule has 2 aliphatic rings. The summed E-state index contributed by atoms with van der Waals surface area (Å²) in [6.45, 7) is 6.64. The topological polar surface area (TPSA) is 96.5 Å². The van der Waals surface area contributed by atoms with Crippen LogP contribution >= 0.6 is 0 Å². The van der Waals surface area contributed by atoms with Crippen LogP contribution in [0.25, 0.3) is 0 Å². The molecule has 0 unspecified atom stereocenters. The number of amides is 2. The maximum absolute atomic E-state index is 13.1. The van der Waals surface area contributed by atoms with Gasteiger partial charge in [-0.25, -0.2) is 13.2 Å². The molecule has 9 nitrogen and oxygen atoms in total. The highest BCUT2D eigenvalue weighted by atomic mass is 32.2. The van der Waals surface area contributed by atoms with E-state index in [0.29, 0.717) is 31.9 Å². The second-order valence-electron chi connectivity index (χ2n) is 6.97. The summed E-state index contributed by atoms with van der Waals surface area (Å²) in [6.07, 6.45) is -0.432. The molecule has 1 aromatic rings. The number of carbonyl (C=O) groups excluding carboxylic acids is 2. The summed E-state index contributed by atoms with van der Waals surface area (Å²) < 4.78 is 37.8. The quantitative estimate of drug-likeness (QED) is 0.712. The van der Waals surface area contributed by atoms with Crippen molar-refractivity contribution < 1.29 is 27.5 Å². The average molecular weight is 426 g/mol. The van der Waals surface area contributed by atoms with Crippen molar-refractivity contribution in [1.29, 1.82) is 0 Å². The number of hydrogen-bond donors (Lipinski definition) is 0. The predicted octanol–water partition coefficient (Wildman–Crippen LogP) is 0.930. The van der Waals surface area contributed by atoms with Gasteiger partial charge in [0.1, 0.15) is 0 Å². The summed E-state index contributed by atoms with van der Waals surface area (Å²) in [5, 5.41) is 0. The van der Waals surface area contributed by atoms with Crippen LogP contribution in [0.1, 0.15) is 22.8 Å². The molecule has 0 bridgehead atoms. The lowest BCUT2D eigenvalue weighted by atomic mass is 10.1. The maximum Gasteiger partial charge on any atom is 0.409 e. The molecule has 2 fully saturated rings. The van der Waals surface area contributed by atoms with E-state index in [0.717, 1.165) is 5.56 Å². The molecule has 0 spiro atoms. The van der Waals surface area contributed by atoms with Gasteiger partial charge in [-0.2, -0.15) is 4.31 Å². The third kappa shape index (κ3) is 4.71. The van der Waals surface area contributed by atoms with Gasteiger partial charge in [-0.05, 0) is 31.5 Å². The van der Waals surface area contributed by atoms with E-state index >= 15 is 0 Å². The number of hydrogen-bond acceptors (Lipinski definition) is 6. The maximum atomic E-state index is 13.1. The van der Waals surface area contributed by atoms with Crippen molar-refractivity contribution in [3.05, 3.63) is 29.3 Å². The molecule has 2 amide bonds. The average Bonchev–Trinajstić information content (AvgIpc) is 2.74. The summed E-state index contributed by atoms with van der Waals surface area (Å²) >= 11 is 0. The fourth-order valence-corrected chi connectivity index (χ4v) is 4.85. The Morgan fingerprint density at radius 2 is 1.69 bits per heavy atom. The van der Waals surface area contributed by atoms with Crippen molar-refractivity contribution in [2.75, 3.05) is 59.1 Å². The molecule has 10 heteroatoms. The monoisotopic (exact) mass is 425 g/mol. The van der Waals surface area contributed by atoms with Gasteiger partial charge in [-0.15, -0.1) is 0 Å². The van der Waals surface area contributed by atoms with Crippen molar-refractivity contribution in [3.8, 4) is 0 Å². The Balaban J connectivity index is 1.76. The minimum Gasteiger partial charge on any atom is -0.450 e. The fraction of sp³-hybridized carbons (Fsp3) is 0.579. The van der Waals surface area contributed by atoms with Crippen molar-refractivity contribution in [1.82, 2.24) is 14.1 Å². The number of aryl methyl sites for hydroxylation is 1. The van der Waals surface area contributed by atoms with Gasteiger partial charge >= 0.3 is 6.09 Å². The van der Waals surface area contributed by atoms with Gasteiger partial charge in [0.05, 0.1) is 24.7 Å². The predicted molar refractivity (Wildman–Crippen MR) is 105 cm³/mol. The van der Waals surface area contributed by atoms with E-state index in [4.69, 9.17) is 9.47 Å². The minimum atomic E-state index is -3.77. The Bertz CT molecular complexity index is 859. The highest BCUT2D eigenvalue weighted by Gasteiger charge is 2.31. The van der Waals surface area contributed by atoms with Crippen LogP contribution in [0.5, 0.6) is 0 Å². The lowest BCUT2D eigenvalue weighted by molar-refractivity contribution is 0.0302. The molecular weight excluding hydrogens is 398 g/mol. The first-order valence-electron chi connectivity index (χ1n) is 9.74. The van der Waals surface area contributed by atoms with Crippen molar-refractivity contribution in [2.24, 2.45) is 0 Å². The van der Waals surface area contributed by atoms with Crippen LogP contribution in [0.15, 0.2) is 23.1 Å². The summed E-state index contributed by atoms with van der Waals surface area (Å²) in [6, 6.07) is 4.65. The summed E-state index contributed by atoms with van der Waals surface area (Å²) in [5.74, 6) is -0.185. The highest BCUT2D eigenvalue weighted by molar-refractivity contribution is 7.89. The number of rotatable bonds is 4. The van der Waals surface area contributed by atoms with Gasteiger partial charge in [0, 0.05) is 44.8 Å². The number of ether oxygens (including phenoxy) is 2. The summed E-state index contributed by atoms with van der Waals surface area (Å²) in [5.41, 5.74) is 1.12. The Labute approximate surface area is 171 Å². The third-order valence-electron chi connectivity index (χ3n) is 5.14. The van der Waals surface area contributed by atoms with E-state index in [1.165, 1.54) is 21.3 Å². The first-order valence-corrected chi connectivity index (χ1v) is 11.2. The van der Waals surface area contributed by atoms with Crippen molar-refractivity contribution >= 4 is 22.0 Å². The van der Waals surface area contributed by atoms with E-state index in [1.54, 1.807) is 24.8 Å². The van der Waals surface area contributed by atoms with Crippen LogP contribution in [-0.2, 0) is 19.5 Å². The molecule has 160 valence electrons. The van der Waals surface area contributed by atoms with Crippen LogP contribution in [0.2, 0.25) is 0 Å². The van der Waals surface area contributed by atoms with Crippen LogP contribution in [-0.4, -0.2) is 93.6 Å².